The molecule has 2 aliphatic rings. The zero-order chi connectivity index (χ0) is 12.2. The van der Waals surface area contributed by atoms with Crippen molar-refractivity contribution in [2.24, 2.45) is 17.8 Å². The first-order chi connectivity index (χ1) is 8.08. The number of H-pyrrole nitrogens is 1. The largest absolute Gasteiger partial charge is 0.335 e. The van der Waals surface area contributed by atoms with E-state index in [2.05, 4.69) is 30.3 Å². The van der Waals surface area contributed by atoms with Crippen LogP contribution in [0.25, 0.3) is 0 Å². The van der Waals surface area contributed by atoms with Crippen LogP contribution in [-0.4, -0.2) is 9.55 Å². The van der Waals surface area contributed by atoms with E-state index in [-0.39, 0.29) is 0 Å². The van der Waals surface area contributed by atoms with Gasteiger partial charge in [-0.1, -0.05) is 6.42 Å². The minimum atomic E-state index is 0.572. The Morgan fingerprint density at radius 2 is 2.06 bits per heavy atom. The summed E-state index contributed by atoms with van der Waals surface area (Å²) in [6.45, 7) is 6.67. The van der Waals surface area contributed by atoms with Crippen LogP contribution in [0.15, 0.2) is 0 Å². The van der Waals surface area contributed by atoms with Crippen molar-refractivity contribution in [1.82, 2.24) is 9.55 Å². The number of fused-ring (bicyclic) bond motifs is 2. The van der Waals surface area contributed by atoms with Crippen molar-refractivity contribution >= 4 is 12.2 Å². The van der Waals surface area contributed by atoms with E-state index < -0.39 is 0 Å². The predicted octanol–water partition coefficient (Wildman–Crippen LogP) is 4.16. The number of hydrogen-bond donors (Lipinski definition) is 1. The summed E-state index contributed by atoms with van der Waals surface area (Å²) < 4.78 is 3.27. The summed E-state index contributed by atoms with van der Waals surface area (Å²) in [4.78, 5) is 3.30. The van der Waals surface area contributed by atoms with Crippen molar-refractivity contribution in [2.45, 2.75) is 52.5 Å². The molecule has 2 bridgehead atoms. The molecular formula is C14H22N2S. The molecule has 2 saturated carbocycles. The number of aromatic nitrogens is 2. The highest BCUT2D eigenvalue weighted by molar-refractivity contribution is 7.71. The zero-order valence-corrected chi connectivity index (χ0v) is 11.8. The number of nitrogens with zero attached hydrogens (tertiary/aromatic N) is 1. The van der Waals surface area contributed by atoms with E-state index in [0.29, 0.717) is 6.04 Å². The molecule has 2 fully saturated rings. The Kier molecular flexibility index (Phi) is 2.69. The number of rotatable bonds is 2. The fourth-order valence-corrected chi connectivity index (χ4v) is 4.67. The molecule has 0 spiro atoms. The van der Waals surface area contributed by atoms with E-state index in [1.165, 1.54) is 37.1 Å². The third-order valence-corrected chi connectivity index (χ3v) is 5.54. The minimum absolute atomic E-state index is 0.572. The SMILES string of the molecule is Cc1[nH]c(=S)n([C@H](C)[C@@H]2C[C@H]3CC[C@H]2C3)c1C. The lowest BCUT2D eigenvalue weighted by Crippen LogP contribution is -2.22. The Labute approximate surface area is 108 Å². The molecule has 2 aliphatic carbocycles. The van der Waals surface area contributed by atoms with Crippen LogP contribution >= 0.6 is 12.2 Å². The molecular weight excluding hydrogens is 228 g/mol. The second-order valence-electron chi connectivity index (χ2n) is 6.09. The van der Waals surface area contributed by atoms with Crippen molar-refractivity contribution < 1.29 is 0 Å². The zero-order valence-electron chi connectivity index (χ0n) is 11.0. The maximum absolute atomic E-state index is 5.47. The molecule has 0 aromatic carbocycles. The molecule has 1 aromatic rings. The van der Waals surface area contributed by atoms with Gasteiger partial charge < -0.3 is 9.55 Å². The monoisotopic (exact) mass is 250 g/mol. The fraction of sp³-hybridized carbons (Fsp3) is 0.786. The van der Waals surface area contributed by atoms with Crippen LogP contribution in [0, 0.1) is 36.4 Å². The molecule has 0 radical (unpaired) electrons. The van der Waals surface area contributed by atoms with Crippen molar-refractivity contribution in [2.75, 3.05) is 0 Å². The summed E-state index contributed by atoms with van der Waals surface area (Å²) in [5.41, 5.74) is 2.55. The van der Waals surface area contributed by atoms with Crippen LogP contribution < -0.4 is 0 Å². The molecule has 1 heterocycles. The summed E-state index contributed by atoms with van der Waals surface area (Å²) >= 11 is 5.47. The van der Waals surface area contributed by atoms with Gasteiger partial charge in [0.1, 0.15) is 0 Å². The molecule has 3 rings (SSSR count). The Balaban J connectivity index is 1.91. The van der Waals surface area contributed by atoms with Gasteiger partial charge in [0.2, 0.25) is 0 Å². The van der Waals surface area contributed by atoms with E-state index in [1.807, 2.05) is 0 Å². The summed E-state index contributed by atoms with van der Waals surface area (Å²) in [5.74, 6) is 2.84. The first kappa shape index (κ1) is 11.5. The highest BCUT2D eigenvalue weighted by atomic mass is 32.1. The van der Waals surface area contributed by atoms with Crippen molar-refractivity contribution in [3.8, 4) is 0 Å². The van der Waals surface area contributed by atoms with Crippen molar-refractivity contribution in [3.05, 3.63) is 16.2 Å². The lowest BCUT2D eigenvalue weighted by atomic mass is 9.84. The standard InChI is InChI=1S/C14H22N2S/c1-8-9(2)16(14(17)15-8)10(3)13-7-11-4-5-12(13)6-11/h10-13H,4-7H2,1-3H3,(H,15,17)/t10-,11+,12+,13+/m1/s1. The first-order valence-electron chi connectivity index (χ1n) is 6.85. The quantitative estimate of drug-likeness (QED) is 0.782. The van der Waals surface area contributed by atoms with Crippen LogP contribution in [0.5, 0.6) is 0 Å². The van der Waals surface area contributed by atoms with Gasteiger partial charge in [-0.25, -0.2) is 0 Å². The molecule has 0 amide bonds. The third-order valence-electron chi connectivity index (χ3n) is 5.24. The average molecular weight is 250 g/mol. The molecule has 94 valence electrons. The molecule has 0 aliphatic heterocycles. The number of nitrogens with one attached hydrogen (secondary N) is 1. The Morgan fingerprint density at radius 3 is 2.53 bits per heavy atom. The lowest BCUT2D eigenvalue weighted by molar-refractivity contribution is 0.239. The molecule has 17 heavy (non-hydrogen) atoms. The average Bonchev–Trinajstić information content (AvgIpc) is 2.94. The Bertz CT molecular complexity index is 485. The fourth-order valence-electron chi connectivity index (χ4n) is 4.21. The molecule has 3 heteroatoms. The molecule has 1 N–H and O–H groups in total. The highest BCUT2D eigenvalue weighted by Gasteiger charge is 2.42. The van der Waals surface area contributed by atoms with Gasteiger partial charge in [0.25, 0.3) is 0 Å². The topological polar surface area (TPSA) is 20.7 Å². The second-order valence-corrected chi connectivity index (χ2v) is 6.48. The van der Waals surface area contributed by atoms with Crippen LogP contribution in [0.3, 0.4) is 0 Å². The smallest absolute Gasteiger partial charge is 0.177 e. The van der Waals surface area contributed by atoms with E-state index in [4.69, 9.17) is 12.2 Å². The number of hydrogen-bond acceptors (Lipinski definition) is 1. The van der Waals surface area contributed by atoms with Gasteiger partial charge in [0, 0.05) is 17.4 Å². The molecule has 1 aromatic heterocycles. The Hall–Kier alpha value is -0.570. The van der Waals surface area contributed by atoms with Gasteiger partial charge in [0.05, 0.1) is 0 Å². The van der Waals surface area contributed by atoms with Crippen LogP contribution in [0.4, 0.5) is 0 Å². The van der Waals surface area contributed by atoms with Crippen LogP contribution in [-0.2, 0) is 0 Å². The van der Waals surface area contributed by atoms with Gasteiger partial charge >= 0.3 is 0 Å². The summed E-state index contributed by atoms with van der Waals surface area (Å²) in [7, 11) is 0. The highest BCUT2D eigenvalue weighted by Crippen LogP contribution is 2.52. The van der Waals surface area contributed by atoms with Gasteiger partial charge in [-0.2, -0.15) is 0 Å². The van der Waals surface area contributed by atoms with Gasteiger partial charge in [-0.3, -0.25) is 0 Å². The number of aromatic amines is 1. The molecule has 0 saturated heterocycles. The predicted molar refractivity (Wildman–Crippen MR) is 72.7 cm³/mol. The van der Waals surface area contributed by atoms with Gasteiger partial charge in [-0.15, -0.1) is 0 Å². The van der Waals surface area contributed by atoms with E-state index in [0.717, 1.165) is 22.5 Å². The van der Waals surface area contributed by atoms with E-state index in [9.17, 15) is 0 Å². The normalized spacial score (nSPS) is 33.2. The van der Waals surface area contributed by atoms with Gasteiger partial charge in [0.15, 0.2) is 4.77 Å². The minimum Gasteiger partial charge on any atom is -0.335 e. The maximum Gasteiger partial charge on any atom is 0.177 e. The van der Waals surface area contributed by atoms with Crippen molar-refractivity contribution in [3.63, 3.8) is 0 Å². The number of imidazole rings is 1. The second kappa shape index (κ2) is 3.98. The van der Waals surface area contributed by atoms with Gasteiger partial charge in [-0.05, 0) is 70.0 Å². The molecule has 0 unspecified atom stereocenters. The summed E-state index contributed by atoms with van der Waals surface area (Å²) in [6.07, 6.45) is 5.84. The summed E-state index contributed by atoms with van der Waals surface area (Å²) in [5, 5.41) is 0. The van der Waals surface area contributed by atoms with Crippen LogP contribution in [0.1, 0.15) is 50.0 Å². The van der Waals surface area contributed by atoms with E-state index >= 15 is 0 Å². The molecule has 2 nitrogen and oxygen atoms in total. The third kappa shape index (κ3) is 1.70. The lowest BCUT2D eigenvalue weighted by Gasteiger charge is -2.29. The molecule has 4 atom stereocenters. The van der Waals surface area contributed by atoms with E-state index in [1.54, 1.807) is 0 Å². The van der Waals surface area contributed by atoms with Crippen LogP contribution in [0.2, 0.25) is 0 Å². The summed E-state index contributed by atoms with van der Waals surface area (Å²) in [6, 6.07) is 0.572. The number of aryl methyl sites for hydroxylation is 1. The maximum atomic E-state index is 5.47. The Morgan fingerprint density at radius 1 is 1.29 bits per heavy atom. The van der Waals surface area contributed by atoms with Crippen molar-refractivity contribution in [1.29, 1.82) is 0 Å². The first-order valence-corrected chi connectivity index (χ1v) is 7.26.